The third-order valence-corrected chi connectivity index (χ3v) is 8.24. The van der Waals surface area contributed by atoms with Gasteiger partial charge in [-0.3, -0.25) is 9.36 Å². The van der Waals surface area contributed by atoms with E-state index in [2.05, 4.69) is 32.6 Å². The number of H-pyrrole nitrogens is 1. The minimum atomic E-state index is -0.370. The van der Waals surface area contributed by atoms with Crippen LogP contribution in [0.15, 0.2) is 59.7 Å². The fraction of sp³-hybridized carbons (Fsp3) is 0.484. The van der Waals surface area contributed by atoms with Crippen LogP contribution >= 0.6 is 0 Å². The lowest BCUT2D eigenvalue weighted by Gasteiger charge is -2.27. The molecule has 0 unspecified atom stereocenters. The van der Waals surface area contributed by atoms with Crippen LogP contribution in [0, 0.1) is 11.8 Å². The molecule has 1 fully saturated rings. The number of aromatic nitrogens is 7. The summed E-state index contributed by atoms with van der Waals surface area (Å²) in [6, 6.07) is 15.9. The maximum absolute atomic E-state index is 13.2. The molecule has 210 valence electrons. The van der Waals surface area contributed by atoms with E-state index >= 15 is 0 Å². The van der Waals surface area contributed by atoms with Crippen molar-refractivity contribution in [1.29, 1.82) is 0 Å². The van der Waals surface area contributed by atoms with Crippen molar-refractivity contribution in [2.24, 2.45) is 11.8 Å². The number of benzene rings is 2. The van der Waals surface area contributed by atoms with E-state index in [0.717, 1.165) is 52.6 Å². The number of nitrogens with one attached hydrogen (secondary N) is 1. The van der Waals surface area contributed by atoms with Crippen molar-refractivity contribution in [3.63, 3.8) is 0 Å². The second-order valence-corrected chi connectivity index (χ2v) is 11.0. The summed E-state index contributed by atoms with van der Waals surface area (Å²) < 4.78 is 2.58. The first-order valence-corrected chi connectivity index (χ1v) is 14.7. The van der Waals surface area contributed by atoms with Crippen LogP contribution in [0.5, 0.6) is 0 Å². The minimum absolute atomic E-state index is 0.111. The highest BCUT2D eigenvalue weighted by Crippen LogP contribution is 2.33. The van der Waals surface area contributed by atoms with Gasteiger partial charge in [0.1, 0.15) is 6.33 Å². The predicted molar refractivity (Wildman–Crippen MR) is 155 cm³/mol. The Kier molecular flexibility index (Phi) is 9.31. The monoisotopic (exact) mass is 541 g/mol. The maximum Gasteiger partial charge on any atom is 0.353 e. The van der Waals surface area contributed by atoms with Crippen molar-refractivity contribution < 1.29 is 4.79 Å². The summed E-state index contributed by atoms with van der Waals surface area (Å²) in [5.74, 6) is 0.983. The zero-order valence-electron chi connectivity index (χ0n) is 23.3. The summed E-state index contributed by atoms with van der Waals surface area (Å²) in [6.07, 6.45) is 14.5. The van der Waals surface area contributed by atoms with Crippen molar-refractivity contribution in [3.8, 4) is 22.5 Å². The predicted octanol–water partition coefficient (Wildman–Crippen LogP) is 6.14. The molecule has 1 N–H and O–H groups in total. The Labute approximate surface area is 235 Å². The summed E-state index contributed by atoms with van der Waals surface area (Å²) in [4.78, 5) is 26.2. The van der Waals surface area contributed by atoms with Gasteiger partial charge in [0, 0.05) is 11.5 Å². The lowest BCUT2D eigenvalue weighted by molar-refractivity contribution is 0.0757. The van der Waals surface area contributed by atoms with Crippen LogP contribution in [0.25, 0.3) is 22.5 Å². The molecule has 0 amide bonds. The van der Waals surface area contributed by atoms with E-state index in [4.69, 9.17) is 0 Å². The van der Waals surface area contributed by atoms with E-state index in [0.29, 0.717) is 18.3 Å². The molecule has 40 heavy (non-hydrogen) atoms. The van der Waals surface area contributed by atoms with Crippen LogP contribution in [0.1, 0.15) is 87.9 Å². The molecule has 1 aliphatic carbocycles. The lowest BCUT2D eigenvalue weighted by Crippen LogP contribution is -2.35. The SMILES string of the molecule is CCCCCCCCC1CCC(C(=O)n2ncn(Cc3ccc(-c4ccccc4-c4nn[nH]n4)cc3)c2=O)CC1. The van der Waals surface area contributed by atoms with E-state index < -0.39 is 0 Å². The molecule has 9 heteroatoms. The molecule has 0 atom stereocenters. The quantitative estimate of drug-likeness (QED) is 0.216. The summed E-state index contributed by atoms with van der Waals surface area (Å²) in [7, 11) is 0. The fourth-order valence-electron chi connectivity index (χ4n) is 5.87. The minimum Gasteiger partial charge on any atom is -0.277 e. The standard InChI is InChI=1S/C31H39N7O2/c1-2-3-4-5-6-7-10-23-13-19-26(20-14-23)30(39)38-31(40)37(22-32-38)21-24-15-17-25(18-16-24)27-11-8-9-12-28(27)29-33-35-36-34-29/h8-9,11-12,15-18,22-23,26H,2-7,10,13-14,19-21H2,1H3,(H,33,34,35,36). The van der Waals surface area contributed by atoms with Gasteiger partial charge in [0.05, 0.1) is 6.54 Å². The number of hydrogen-bond acceptors (Lipinski definition) is 6. The van der Waals surface area contributed by atoms with E-state index in [9.17, 15) is 9.59 Å². The summed E-state index contributed by atoms with van der Waals surface area (Å²) in [6.45, 7) is 2.60. The van der Waals surface area contributed by atoms with Crippen LogP contribution in [0.3, 0.4) is 0 Å². The van der Waals surface area contributed by atoms with Crippen LogP contribution in [0.2, 0.25) is 0 Å². The topological polar surface area (TPSA) is 111 Å². The third kappa shape index (κ3) is 6.63. The van der Waals surface area contributed by atoms with E-state index in [1.54, 1.807) is 0 Å². The number of hydrogen-bond donors (Lipinski definition) is 1. The normalized spacial score (nSPS) is 17.2. The van der Waals surface area contributed by atoms with Crippen molar-refractivity contribution in [2.45, 2.75) is 84.1 Å². The molecule has 1 saturated carbocycles. The summed E-state index contributed by atoms with van der Waals surface area (Å²) in [5, 5.41) is 18.6. The Balaban J connectivity index is 1.16. The van der Waals surface area contributed by atoms with E-state index in [1.807, 2.05) is 48.5 Å². The molecule has 2 heterocycles. The van der Waals surface area contributed by atoms with Gasteiger partial charge < -0.3 is 0 Å². The molecule has 0 bridgehead atoms. The van der Waals surface area contributed by atoms with Gasteiger partial charge in [-0.05, 0) is 53.5 Å². The highest BCUT2D eigenvalue weighted by Gasteiger charge is 2.29. The van der Waals surface area contributed by atoms with Crippen LogP contribution in [-0.4, -0.2) is 40.9 Å². The molecule has 0 saturated heterocycles. The molecule has 0 radical (unpaired) electrons. The second kappa shape index (κ2) is 13.5. The molecule has 5 rings (SSSR count). The number of nitrogens with zero attached hydrogens (tertiary/aromatic N) is 6. The molecule has 2 aromatic heterocycles. The zero-order valence-corrected chi connectivity index (χ0v) is 23.3. The third-order valence-electron chi connectivity index (χ3n) is 8.24. The molecule has 0 spiro atoms. The molecule has 2 aromatic carbocycles. The summed E-state index contributed by atoms with van der Waals surface area (Å²) >= 11 is 0. The van der Waals surface area contributed by atoms with Gasteiger partial charge in [-0.15, -0.1) is 14.9 Å². The van der Waals surface area contributed by atoms with Crippen LogP contribution in [-0.2, 0) is 6.54 Å². The number of unbranched alkanes of at least 4 members (excludes halogenated alkanes) is 5. The van der Waals surface area contributed by atoms with Crippen LogP contribution in [0.4, 0.5) is 0 Å². The zero-order chi connectivity index (χ0) is 27.7. The van der Waals surface area contributed by atoms with Crippen molar-refractivity contribution in [3.05, 3.63) is 70.9 Å². The number of tetrazole rings is 1. The Hall–Kier alpha value is -3.88. The highest BCUT2D eigenvalue weighted by atomic mass is 16.2. The smallest absolute Gasteiger partial charge is 0.277 e. The highest BCUT2D eigenvalue weighted by molar-refractivity contribution is 5.81. The van der Waals surface area contributed by atoms with Crippen molar-refractivity contribution in [1.82, 2.24) is 35.0 Å². The molecular formula is C31H39N7O2. The fourth-order valence-corrected chi connectivity index (χ4v) is 5.87. The van der Waals surface area contributed by atoms with E-state index in [-0.39, 0.29) is 17.5 Å². The number of carbonyl (C=O) groups is 1. The molecule has 9 nitrogen and oxygen atoms in total. The van der Waals surface area contributed by atoms with Crippen molar-refractivity contribution >= 4 is 5.91 Å². The number of carbonyl (C=O) groups excluding carboxylic acids is 1. The van der Waals surface area contributed by atoms with Crippen LogP contribution < -0.4 is 5.69 Å². The Bertz CT molecular complexity index is 1410. The first-order valence-electron chi connectivity index (χ1n) is 14.7. The molecule has 1 aliphatic rings. The van der Waals surface area contributed by atoms with Gasteiger partial charge in [-0.1, -0.05) is 100 Å². The van der Waals surface area contributed by atoms with Gasteiger partial charge in [0.15, 0.2) is 0 Å². The van der Waals surface area contributed by atoms with E-state index in [1.165, 1.54) is 55.8 Å². The molecule has 0 aliphatic heterocycles. The van der Waals surface area contributed by atoms with Gasteiger partial charge in [-0.2, -0.15) is 10.3 Å². The average Bonchev–Trinajstić information content (AvgIpc) is 3.66. The lowest BCUT2D eigenvalue weighted by atomic mass is 9.79. The van der Waals surface area contributed by atoms with Gasteiger partial charge >= 0.3 is 5.69 Å². The molecular weight excluding hydrogens is 502 g/mol. The molecule has 4 aromatic rings. The largest absolute Gasteiger partial charge is 0.353 e. The first kappa shape index (κ1) is 27.7. The summed E-state index contributed by atoms with van der Waals surface area (Å²) in [5.41, 5.74) is 3.47. The Morgan fingerprint density at radius 2 is 1.65 bits per heavy atom. The maximum atomic E-state index is 13.2. The number of aromatic amines is 1. The number of rotatable bonds is 12. The van der Waals surface area contributed by atoms with Gasteiger partial charge in [0.25, 0.3) is 5.91 Å². The van der Waals surface area contributed by atoms with Crippen molar-refractivity contribution in [2.75, 3.05) is 0 Å². The van der Waals surface area contributed by atoms with Gasteiger partial charge in [0.2, 0.25) is 5.82 Å². The second-order valence-electron chi connectivity index (χ2n) is 11.0. The Morgan fingerprint density at radius 1 is 0.925 bits per heavy atom. The van der Waals surface area contributed by atoms with Gasteiger partial charge in [-0.25, -0.2) is 4.79 Å². The first-order chi connectivity index (χ1) is 19.6. The average molecular weight is 542 g/mol. The Morgan fingerprint density at radius 3 is 2.38 bits per heavy atom.